The molecule has 1 unspecified atom stereocenters. The first-order valence-electron chi connectivity index (χ1n) is 4.53. The lowest BCUT2D eigenvalue weighted by molar-refractivity contribution is -0.000181. The summed E-state index contributed by atoms with van der Waals surface area (Å²) in [6, 6.07) is 0. The van der Waals surface area contributed by atoms with Crippen LogP contribution in [0.15, 0.2) is 11.1 Å². The van der Waals surface area contributed by atoms with Gasteiger partial charge in [-0.2, -0.15) is 4.98 Å². The van der Waals surface area contributed by atoms with Crippen LogP contribution in [0.4, 0.5) is 5.95 Å². The van der Waals surface area contributed by atoms with Gasteiger partial charge >= 0.3 is 0 Å². The number of nitrogens with zero attached hydrogens (tertiary/aromatic N) is 3. The van der Waals surface area contributed by atoms with Crippen LogP contribution in [0.3, 0.4) is 0 Å². The predicted molar refractivity (Wildman–Crippen MR) is 55.7 cm³/mol. The van der Waals surface area contributed by atoms with Crippen molar-refractivity contribution in [3.05, 3.63) is 16.7 Å². The van der Waals surface area contributed by atoms with Gasteiger partial charge in [0.15, 0.2) is 17.4 Å². The highest BCUT2D eigenvalue weighted by Crippen LogP contribution is 2.13. The predicted octanol–water partition coefficient (Wildman–Crippen LogP) is -1.16. The van der Waals surface area contributed by atoms with E-state index in [0.717, 1.165) is 0 Å². The van der Waals surface area contributed by atoms with Crippen molar-refractivity contribution in [2.45, 2.75) is 6.23 Å². The number of fused-ring (bicyclic) bond motifs is 1. The molecular formula is C8H11N5O3. The second-order valence-corrected chi connectivity index (χ2v) is 3.15. The fourth-order valence-corrected chi connectivity index (χ4v) is 1.43. The standard InChI is InChI=1S/C8H11N5O3/c1-16-4(2-14)13-3-10-5-6(13)11-8(9)12-7(5)15/h3-4,14H,2H2,1H3,(H3,9,11,12,15). The van der Waals surface area contributed by atoms with E-state index in [0.29, 0.717) is 0 Å². The molecule has 0 aliphatic rings. The smallest absolute Gasteiger partial charge is 0.280 e. The number of aliphatic hydroxyl groups is 1. The van der Waals surface area contributed by atoms with Gasteiger partial charge in [0.05, 0.1) is 12.9 Å². The molecule has 86 valence electrons. The van der Waals surface area contributed by atoms with E-state index in [9.17, 15) is 4.79 Å². The lowest BCUT2D eigenvalue weighted by Crippen LogP contribution is -2.17. The van der Waals surface area contributed by atoms with Gasteiger partial charge in [0.2, 0.25) is 5.95 Å². The highest BCUT2D eigenvalue weighted by molar-refractivity contribution is 5.70. The molecule has 0 radical (unpaired) electrons. The molecule has 0 saturated heterocycles. The molecule has 2 aromatic heterocycles. The molecule has 0 fully saturated rings. The molecule has 0 saturated carbocycles. The number of nitrogen functional groups attached to an aromatic ring is 1. The number of anilines is 1. The van der Waals surface area contributed by atoms with Gasteiger partial charge in [0, 0.05) is 7.11 Å². The summed E-state index contributed by atoms with van der Waals surface area (Å²) in [5, 5.41) is 9.08. The van der Waals surface area contributed by atoms with E-state index in [1.807, 2.05) is 0 Å². The van der Waals surface area contributed by atoms with Crippen LogP contribution in [0.2, 0.25) is 0 Å². The van der Waals surface area contributed by atoms with Crippen molar-refractivity contribution < 1.29 is 9.84 Å². The highest BCUT2D eigenvalue weighted by atomic mass is 16.5. The lowest BCUT2D eigenvalue weighted by atomic mass is 10.5. The summed E-state index contributed by atoms with van der Waals surface area (Å²) in [4.78, 5) is 21.6. The van der Waals surface area contributed by atoms with Gasteiger partial charge in [-0.05, 0) is 0 Å². The Morgan fingerprint density at radius 3 is 3.12 bits per heavy atom. The fourth-order valence-electron chi connectivity index (χ4n) is 1.43. The average molecular weight is 225 g/mol. The molecule has 1 atom stereocenters. The molecule has 4 N–H and O–H groups in total. The third kappa shape index (κ3) is 1.53. The van der Waals surface area contributed by atoms with E-state index >= 15 is 0 Å². The van der Waals surface area contributed by atoms with E-state index in [-0.39, 0.29) is 23.7 Å². The molecule has 8 nitrogen and oxygen atoms in total. The van der Waals surface area contributed by atoms with Gasteiger partial charge in [-0.25, -0.2) is 4.98 Å². The minimum absolute atomic E-state index is 0.00737. The van der Waals surface area contributed by atoms with Crippen molar-refractivity contribution in [1.82, 2.24) is 19.5 Å². The summed E-state index contributed by atoms with van der Waals surface area (Å²) in [6.45, 7) is -0.254. The number of hydrogen-bond acceptors (Lipinski definition) is 6. The summed E-state index contributed by atoms with van der Waals surface area (Å²) in [5.41, 5.74) is 5.44. The second-order valence-electron chi connectivity index (χ2n) is 3.15. The zero-order chi connectivity index (χ0) is 11.7. The van der Waals surface area contributed by atoms with Crippen LogP contribution in [0.1, 0.15) is 6.23 Å². The van der Waals surface area contributed by atoms with Crippen LogP contribution in [0.25, 0.3) is 11.2 Å². The number of aromatic amines is 1. The Balaban J connectivity index is 2.68. The number of H-pyrrole nitrogens is 1. The highest BCUT2D eigenvalue weighted by Gasteiger charge is 2.15. The fraction of sp³-hybridized carbons (Fsp3) is 0.375. The summed E-state index contributed by atoms with van der Waals surface area (Å²) < 4.78 is 6.46. The van der Waals surface area contributed by atoms with Gasteiger partial charge in [-0.15, -0.1) is 0 Å². The van der Waals surface area contributed by atoms with Crippen LogP contribution >= 0.6 is 0 Å². The molecular weight excluding hydrogens is 214 g/mol. The lowest BCUT2D eigenvalue weighted by Gasteiger charge is -2.13. The van der Waals surface area contributed by atoms with E-state index in [4.69, 9.17) is 15.6 Å². The van der Waals surface area contributed by atoms with Crippen LogP contribution in [-0.2, 0) is 4.74 Å². The first-order valence-corrected chi connectivity index (χ1v) is 4.53. The molecule has 2 heterocycles. The number of aliphatic hydroxyl groups excluding tert-OH is 1. The molecule has 0 aliphatic heterocycles. The zero-order valence-corrected chi connectivity index (χ0v) is 8.54. The van der Waals surface area contributed by atoms with Crippen molar-refractivity contribution in [2.24, 2.45) is 0 Å². The zero-order valence-electron chi connectivity index (χ0n) is 8.54. The second kappa shape index (κ2) is 3.91. The molecule has 2 rings (SSSR count). The summed E-state index contributed by atoms with van der Waals surface area (Å²) in [5.74, 6) is -0.00737. The van der Waals surface area contributed by atoms with Gasteiger partial charge in [-0.3, -0.25) is 14.3 Å². The summed E-state index contributed by atoms with van der Waals surface area (Å²) in [7, 11) is 1.43. The third-order valence-corrected chi connectivity index (χ3v) is 2.19. The number of ether oxygens (including phenoxy) is 1. The molecule has 0 amide bonds. The van der Waals surface area contributed by atoms with E-state index in [1.165, 1.54) is 18.0 Å². The van der Waals surface area contributed by atoms with E-state index in [1.54, 1.807) is 0 Å². The number of aromatic nitrogens is 4. The van der Waals surface area contributed by atoms with Gasteiger partial charge < -0.3 is 15.6 Å². The number of hydrogen-bond donors (Lipinski definition) is 3. The van der Waals surface area contributed by atoms with Gasteiger partial charge in [0.1, 0.15) is 0 Å². The summed E-state index contributed by atoms with van der Waals surface area (Å²) >= 11 is 0. The van der Waals surface area contributed by atoms with Crippen LogP contribution in [0.5, 0.6) is 0 Å². The van der Waals surface area contributed by atoms with Crippen molar-refractivity contribution in [2.75, 3.05) is 19.5 Å². The van der Waals surface area contributed by atoms with Crippen molar-refractivity contribution >= 4 is 17.1 Å². The van der Waals surface area contributed by atoms with Crippen molar-refractivity contribution in [3.8, 4) is 0 Å². The minimum atomic E-state index is -0.640. The van der Waals surface area contributed by atoms with Crippen molar-refractivity contribution in [1.29, 1.82) is 0 Å². The monoisotopic (exact) mass is 225 g/mol. The first kappa shape index (κ1) is 10.6. The van der Waals surface area contributed by atoms with Crippen LogP contribution < -0.4 is 11.3 Å². The Bertz CT molecular complexity index is 556. The maximum absolute atomic E-state index is 11.5. The molecule has 0 spiro atoms. The van der Waals surface area contributed by atoms with E-state index in [2.05, 4.69) is 15.0 Å². The molecule has 0 aromatic carbocycles. The molecule has 0 aliphatic carbocycles. The first-order chi connectivity index (χ1) is 7.67. The van der Waals surface area contributed by atoms with Crippen LogP contribution in [0, 0.1) is 0 Å². The molecule has 2 aromatic rings. The molecule has 8 heteroatoms. The minimum Gasteiger partial charge on any atom is -0.392 e. The normalized spacial score (nSPS) is 13.1. The van der Waals surface area contributed by atoms with Crippen LogP contribution in [-0.4, -0.2) is 38.3 Å². The number of nitrogens with two attached hydrogens (primary N) is 1. The molecule has 16 heavy (non-hydrogen) atoms. The van der Waals surface area contributed by atoms with Gasteiger partial charge in [0.25, 0.3) is 5.56 Å². The average Bonchev–Trinajstić information content (AvgIpc) is 2.64. The maximum Gasteiger partial charge on any atom is 0.280 e. The Hall–Kier alpha value is -1.93. The molecule has 0 bridgehead atoms. The third-order valence-electron chi connectivity index (χ3n) is 2.19. The largest absolute Gasteiger partial charge is 0.392 e. The Labute approximate surface area is 89.7 Å². The maximum atomic E-state index is 11.5. The van der Waals surface area contributed by atoms with E-state index < -0.39 is 11.8 Å². The Morgan fingerprint density at radius 2 is 2.50 bits per heavy atom. The number of imidazole rings is 1. The number of methoxy groups -OCH3 is 1. The topological polar surface area (TPSA) is 119 Å². The number of rotatable bonds is 3. The quantitative estimate of drug-likeness (QED) is 0.606. The van der Waals surface area contributed by atoms with Crippen molar-refractivity contribution in [3.63, 3.8) is 0 Å². The Morgan fingerprint density at radius 1 is 1.75 bits per heavy atom. The Kier molecular flexibility index (Phi) is 2.59. The SMILES string of the molecule is COC(CO)n1cnc2c(=O)[nH]c(N)nc21. The number of nitrogens with one attached hydrogen (secondary N) is 1. The summed E-state index contributed by atoms with van der Waals surface area (Å²) in [6.07, 6.45) is 0.732. The van der Waals surface area contributed by atoms with Gasteiger partial charge in [-0.1, -0.05) is 0 Å².